The first-order chi connectivity index (χ1) is 8.16. The summed E-state index contributed by atoms with van der Waals surface area (Å²) in [6, 6.07) is 8.24. The number of hydrogen-bond donors (Lipinski definition) is 1. The molecule has 0 radical (unpaired) electrons. The van der Waals surface area contributed by atoms with Crippen molar-refractivity contribution in [2.75, 3.05) is 19.6 Å². The highest BCUT2D eigenvalue weighted by Gasteiger charge is 2.22. The molecule has 0 aliphatic carbocycles. The summed E-state index contributed by atoms with van der Waals surface area (Å²) in [6.45, 7) is 4.70. The molecule has 1 atom stereocenters. The van der Waals surface area contributed by atoms with Gasteiger partial charge >= 0.3 is 0 Å². The third kappa shape index (κ3) is 3.97. The van der Waals surface area contributed by atoms with Crippen molar-refractivity contribution in [2.45, 2.75) is 19.4 Å². The van der Waals surface area contributed by atoms with Gasteiger partial charge in [0.2, 0.25) is 5.91 Å². The number of piperazine rings is 1. The Hall–Kier alpha value is -0.580. The molecule has 0 spiro atoms. The maximum Gasteiger partial charge on any atom is 0.227 e. The highest BCUT2D eigenvalue weighted by molar-refractivity contribution is 9.10. The van der Waals surface area contributed by atoms with Crippen LogP contribution in [-0.2, 0) is 11.2 Å². The zero-order chi connectivity index (χ0) is 12.3. The molecule has 1 heterocycles. The van der Waals surface area contributed by atoms with E-state index in [0.29, 0.717) is 12.5 Å². The summed E-state index contributed by atoms with van der Waals surface area (Å²) in [6.07, 6.45) is 0.498. The zero-order valence-corrected chi connectivity index (χ0v) is 12.8. The van der Waals surface area contributed by atoms with Crippen LogP contribution in [0.1, 0.15) is 12.5 Å². The van der Waals surface area contributed by atoms with Crippen LogP contribution in [0.4, 0.5) is 0 Å². The highest BCUT2D eigenvalue weighted by Crippen LogP contribution is 2.12. The van der Waals surface area contributed by atoms with Gasteiger partial charge in [0, 0.05) is 30.1 Å². The van der Waals surface area contributed by atoms with Crippen LogP contribution in [0, 0.1) is 0 Å². The van der Waals surface area contributed by atoms with E-state index in [1.807, 2.05) is 29.2 Å². The summed E-state index contributed by atoms with van der Waals surface area (Å²) in [5.74, 6) is 0.223. The van der Waals surface area contributed by atoms with E-state index in [9.17, 15) is 4.79 Å². The van der Waals surface area contributed by atoms with Crippen LogP contribution in [0.15, 0.2) is 28.7 Å². The number of hydrogen-bond acceptors (Lipinski definition) is 2. The van der Waals surface area contributed by atoms with Gasteiger partial charge in [-0.3, -0.25) is 4.79 Å². The number of amides is 1. The fourth-order valence-electron chi connectivity index (χ4n) is 2.09. The fourth-order valence-corrected chi connectivity index (χ4v) is 2.35. The Labute approximate surface area is 122 Å². The summed E-state index contributed by atoms with van der Waals surface area (Å²) in [7, 11) is 0. The largest absolute Gasteiger partial charge is 0.337 e. The third-order valence-electron chi connectivity index (χ3n) is 3.09. The molecule has 1 aromatic carbocycles. The first-order valence-electron chi connectivity index (χ1n) is 5.91. The van der Waals surface area contributed by atoms with E-state index < -0.39 is 0 Å². The molecule has 0 saturated carbocycles. The molecule has 1 aromatic rings. The molecule has 1 N–H and O–H groups in total. The topological polar surface area (TPSA) is 32.3 Å². The minimum Gasteiger partial charge on any atom is -0.337 e. The normalized spacial score (nSPS) is 19.2. The molecule has 1 saturated heterocycles. The van der Waals surface area contributed by atoms with Crippen molar-refractivity contribution in [2.24, 2.45) is 0 Å². The summed E-state index contributed by atoms with van der Waals surface area (Å²) < 4.78 is 1.05. The Morgan fingerprint density at radius 3 is 2.72 bits per heavy atom. The molecule has 3 nitrogen and oxygen atoms in total. The van der Waals surface area contributed by atoms with Gasteiger partial charge in [-0.05, 0) is 24.6 Å². The SMILES string of the molecule is C[C@@H]1CNCCN1C(=O)Cc1ccc(Br)cc1.Cl. The van der Waals surface area contributed by atoms with E-state index >= 15 is 0 Å². The van der Waals surface area contributed by atoms with Gasteiger partial charge in [0.05, 0.1) is 6.42 Å². The lowest BCUT2D eigenvalue weighted by Crippen LogP contribution is -2.52. The molecular formula is C13H18BrClN2O. The highest BCUT2D eigenvalue weighted by atomic mass is 79.9. The number of nitrogens with zero attached hydrogens (tertiary/aromatic N) is 1. The average Bonchev–Trinajstić information content (AvgIpc) is 2.32. The third-order valence-corrected chi connectivity index (χ3v) is 3.62. The van der Waals surface area contributed by atoms with E-state index in [2.05, 4.69) is 28.2 Å². The van der Waals surface area contributed by atoms with Crippen LogP contribution in [0.25, 0.3) is 0 Å². The van der Waals surface area contributed by atoms with Crippen molar-refractivity contribution in [3.8, 4) is 0 Å². The van der Waals surface area contributed by atoms with Crippen LogP contribution in [0.3, 0.4) is 0 Å². The maximum absolute atomic E-state index is 12.1. The first-order valence-corrected chi connectivity index (χ1v) is 6.71. The van der Waals surface area contributed by atoms with Gasteiger partial charge in [-0.1, -0.05) is 28.1 Å². The Bertz CT molecular complexity index is 396. The van der Waals surface area contributed by atoms with Gasteiger partial charge in [-0.25, -0.2) is 0 Å². The van der Waals surface area contributed by atoms with Crippen LogP contribution in [0.2, 0.25) is 0 Å². The molecule has 1 aliphatic heterocycles. The van der Waals surface area contributed by atoms with E-state index in [4.69, 9.17) is 0 Å². The lowest BCUT2D eigenvalue weighted by atomic mass is 10.1. The van der Waals surface area contributed by atoms with E-state index in [1.165, 1.54) is 0 Å². The van der Waals surface area contributed by atoms with E-state index in [0.717, 1.165) is 29.7 Å². The summed E-state index contributed by atoms with van der Waals surface area (Å²) in [4.78, 5) is 14.1. The summed E-state index contributed by atoms with van der Waals surface area (Å²) in [5, 5.41) is 3.29. The molecule has 1 amide bonds. The molecule has 0 unspecified atom stereocenters. The Morgan fingerprint density at radius 1 is 1.44 bits per heavy atom. The van der Waals surface area contributed by atoms with Crippen LogP contribution in [0.5, 0.6) is 0 Å². The minimum absolute atomic E-state index is 0. The summed E-state index contributed by atoms with van der Waals surface area (Å²) >= 11 is 3.39. The molecule has 100 valence electrons. The van der Waals surface area contributed by atoms with Crippen molar-refractivity contribution in [1.29, 1.82) is 0 Å². The molecule has 5 heteroatoms. The average molecular weight is 334 g/mol. The lowest BCUT2D eigenvalue weighted by Gasteiger charge is -2.34. The minimum atomic E-state index is 0. The lowest BCUT2D eigenvalue weighted by molar-refractivity contribution is -0.133. The van der Waals surface area contributed by atoms with Gasteiger partial charge in [0.25, 0.3) is 0 Å². The molecule has 2 rings (SSSR count). The number of carbonyl (C=O) groups excluding carboxylic acids is 1. The second-order valence-corrected chi connectivity index (χ2v) is 5.36. The molecule has 0 aromatic heterocycles. The number of halogens is 2. The standard InChI is InChI=1S/C13H17BrN2O.ClH/c1-10-9-15-6-7-16(10)13(17)8-11-2-4-12(14)5-3-11;/h2-5,10,15H,6-9H2,1H3;1H/t10-;/m1./s1. The molecule has 18 heavy (non-hydrogen) atoms. The van der Waals surface area contributed by atoms with Gasteiger partial charge in [0.15, 0.2) is 0 Å². The van der Waals surface area contributed by atoms with Crippen molar-refractivity contribution in [1.82, 2.24) is 10.2 Å². The van der Waals surface area contributed by atoms with Crippen molar-refractivity contribution >= 4 is 34.2 Å². The molecule has 1 aliphatic rings. The van der Waals surface area contributed by atoms with Crippen LogP contribution in [-0.4, -0.2) is 36.5 Å². The number of benzene rings is 1. The fraction of sp³-hybridized carbons (Fsp3) is 0.462. The van der Waals surface area contributed by atoms with Gasteiger partial charge in [-0.2, -0.15) is 0 Å². The van der Waals surface area contributed by atoms with Gasteiger partial charge in [-0.15, -0.1) is 12.4 Å². The second-order valence-electron chi connectivity index (χ2n) is 4.44. The van der Waals surface area contributed by atoms with Crippen molar-refractivity contribution in [3.05, 3.63) is 34.3 Å². The van der Waals surface area contributed by atoms with Crippen molar-refractivity contribution in [3.63, 3.8) is 0 Å². The second kappa shape index (κ2) is 7.12. The maximum atomic E-state index is 12.1. The van der Waals surface area contributed by atoms with Gasteiger partial charge < -0.3 is 10.2 Å². The van der Waals surface area contributed by atoms with E-state index in [1.54, 1.807) is 0 Å². The molecule has 0 bridgehead atoms. The summed E-state index contributed by atoms with van der Waals surface area (Å²) in [5.41, 5.74) is 1.07. The predicted molar refractivity (Wildman–Crippen MR) is 79.1 cm³/mol. The number of carbonyl (C=O) groups is 1. The van der Waals surface area contributed by atoms with Crippen LogP contribution >= 0.6 is 28.3 Å². The van der Waals surface area contributed by atoms with Crippen LogP contribution < -0.4 is 5.32 Å². The van der Waals surface area contributed by atoms with Gasteiger partial charge in [0.1, 0.15) is 0 Å². The number of nitrogens with one attached hydrogen (secondary N) is 1. The number of rotatable bonds is 2. The zero-order valence-electron chi connectivity index (χ0n) is 10.4. The monoisotopic (exact) mass is 332 g/mol. The Kier molecular flexibility index (Phi) is 6.12. The van der Waals surface area contributed by atoms with E-state index in [-0.39, 0.29) is 18.3 Å². The molecule has 1 fully saturated rings. The predicted octanol–water partition coefficient (Wildman–Crippen LogP) is 2.23. The van der Waals surface area contributed by atoms with Crippen molar-refractivity contribution < 1.29 is 4.79 Å². The Morgan fingerprint density at radius 2 is 2.11 bits per heavy atom. The first kappa shape index (κ1) is 15.5. The molecular weight excluding hydrogens is 316 g/mol. The smallest absolute Gasteiger partial charge is 0.227 e. The quantitative estimate of drug-likeness (QED) is 0.900. The Balaban J connectivity index is 0.00000162.